The molecule has 0 spiro atoms. The zero-order valence-corrected chi connectivity index (χ0v) is 12.3. The summed E-state index contributed by atoms with van der Waals surface area (Å²) in [5.41, 5.74) is 1.14. The van der Waals surface area contributed by atoms with Gasteiger partial charge in [0.1, 0.15) is 6.04 Å². The van der Waals surface area contributed by atoms with Crippen molar-refractivity contribution in [1.29, 1.82) is 0 Å². The summed E-state index contributed by atoms with van der Waals surface area (Å²) in [6.45, 7) is 0.576. The molecule has 0 bridgehead atoms. The van der Waals surface area contributed by atoms with Crippen LogP contribution in [-0.4, -0.2) is 29.1 Å². The van der Waals surface area contributed by atoms with Gasteiger partial charge in [-0.15, -0.1) is 0 Å². The molecule has 0 radical (unpaired) electrons. The molecule has 0 fully saturated rings. The zero-order valence-electron chi connectivity index (χ0n) is 11.5. The first-order valence-electron chi connectivity index (χ1n) is 6.64. The molecule has 2 N–H and O–H groups in total. The van der Waals surface area contributed by atoms with Crippen LogP contribution < -0.4 is 5.32 Å². The Kier molecular flexibility index (Phi) is 5.44. The Morgan fingerprint density at radius 2 is 2.00 bits per heavy atom. The molecule has 20 heavy (non-hydrogen) atoms. The summed E-state index contributed by atoms with van der Waals surface area (Å²) >= 11 is 1.67. The number of carboxylic acids is 1. The van der Waals surface area contributed by atoms with Gasteiger partial charge in [0, 0.05) is 6.54 Å². The third kappa shape index (κ3) is 3.74. The van der Waals surface area contributed by atoms with Crippen LogP contribution in [0.4, 0.5) is 0 Å². The molecule has 0 saturated heterocycles. The predicted octanol–water partition coefficient (Wildman–Crippen LogP) is 3.14. The maximum atomic E-state index is 11.2. The van der Waals surface area contributed by atoms with E-state index in [2.05, 4.69) is 23.5 Å². The van der Waals surface area contributed by atoms with E-state index in [4.69, 9.17) is 0 Å². The monoisotopic (exact) mass is 289 g/mol. The number of aliphatic carboxylic acids is 1. The van der Waals surface area contributed by atoms with E-state index in [-0.39, 0.29) is 0 Å². The minimum Gasteiger partial charge on any atom is -0.480 e. The number of nitrogens with one attached hydrogen (secondary N) is 1. The van der Waals surface area contributed by atoms with Crippen LogP contribution in [-0.2, 0) is 11.3 Å². The van der Waals surface area contributed by atoms with Gasteiger partial charge in [-0.1, -0.05) is 42.5 Å². The van der Waals surface area contributed by atoms with Crippen LogP contribution in [0.25, 0.3) is 10.8 Å². The maximum absolute atomic E-state index is 11.2. The van der Waals surface area contributed by atoms with E-state index in [9.17, 15) is 9.90 Å². The van der Waals surface area contributed by atoms with Crippen LogP contribution in [0.2, 0.25) is 0 Å². The molecule has 4 heteroatoms. The summed E-state index contributed by atoms with van der Waals surface area (Å²) in [4.78, 5) is 11.2. The molecule has 0 unspecified atom stereocenters. The van der Waals surface area contributed by atoms with E-state index in [1.54, 1.807) is 11.8 Å². The van der Waals surface area contributed by atoms with Gasteiger partial charge in [-0.3, -0.25) is 4.79 Å². The molecule has 2 aromatic rings. The molecule has 3 nitrogen and oxygen atoms in total. The summed E-state index contributed by atoms with van der Waals surface area (Å²) in [6, 6.07) is 13.8. The topological polar surface area (TPSA) is 49.3 Å². The fourth-order valence-corrected chi connectivity index (χ4v) is 2.70. The van der Waals surface area contributed by atoms with Crippen molar-refractivity contribution in [2.45, 2.75) is 19.0 Å². The van der Waals surface area contributed by atoms with Gasteiger partial charge in [0.15, 0.2) is 0 Å². The van der Waals surface area contributed by atoms with Gasteiger partial charge in [0.2, 0.25) is 0 Å². The molecule has 1 atom stereocenters. The second kappa shape index (κ2) is 7.31. The second-order valence-electron chi connectivity index (χ2n) is 4.69. The molecule has 0 aliphatic rings. The molecule has 2 rings (SSSR count). The predicted molar refractivity (Wildman–Crippen MR) is 85.2 cm³/mol. The minimum atomic E-state index is -0.778. The van der Waals surface area contributed by atoms with Crippen molar-refractivity contribution >= 4 is 28.5 Å². The van der Waals surface area contributed by atoms with Crippen molar-refractivity contribution in [3.8, 4) is 0 Å². The lowest BCUT2D eigenvalue weighted by atomic mass is 10.0. The van der Waals surface area contributed by atoms with E-state index in [1.165, 1.54) is 10.8 Å². The molecule has 0 aromatic heterocycles. The molecule has 0 aliphatic heterocycles. The third-order valence-corrected chi connectivity index (χ3v) is 3.97. The highest BCUT2D eigenvalue weighted by molar-refractivity contribution is 7.98. The highest BCUT2D eigenvalue weighted by atomic mass is 32.2. The van der Waals surface area contributed by atoms with E-state index in [0.29, 0.717) is 13.0 Å². The fraction of sp³-hybridized carbons (Fsp3) is 0.312. The van der Waals surface area contributed by atoms with Crippen molar-refractivity contribution < 1.29 is 9.90 Å². The van der Waals surface area contributed by atoms with E-state index in [1.807, 2.05) is 30.5 Å². The summed E-state index contributed by atoms with van der Waals surface area (Å²) in [7, 11) is 0. The normalized spacial score (nSPS) is 12.4. The molecule has 2 aromatic carbocycles. The van der Waals surface area contributed by atoms with Crippen LogP contribution in [0.5, 0.6) is 0 Å². The quantitative estimate of drug-likeness (QED) is 0.822. The number of benzene rings is 2. The standard InChI is InChI=1S/C16H19NO2S/c1-20-10-9-15(16(18)19)17-11-13-7-4-6-12-5-2-3-8-14(12)13/h2-8,15,17H,9-11H2,1H3,(H,18,19)/t15-/m1/s1. The number of thioether (sulfide) groups is 1. The smallest absolute Gasteiger partial charge is 0.320 e. The number of rotatable bonds is 7. The van der Waals surface area contributed by atoms with Crippen LogP contribution in [0.3, 0.4) is 0 Å². The molecule has 0 heterocycles. The highest BCUT2D eigenvalue weighted by Crippen LogP contribution is 2.18. The van der Waals surface area contributed by atoms with Gasteiger partial charge in [0.05, 0.1) is 0 Å². The average molecular weight is 289 g/mol. The Morgan fingerprint density at radius 1 is 1.25 bits per heavy atom. The summed E-state index contributed by atoms with van der Waals surface area (Å²) in [5.74, 6) is 0.0683. The number of fused-ring (bicyclic) bond motifs is 1. The van der Waals surface area contributed by atoms with Crippen LogP contribution in [0.1, 0.15) is 12.0 Å². The van der Waals surface area contributed by atoms with Crippen molar-refractivity contribution in [1.82, 2.24) is 5.32 Å². The molecule has 0 aliphatic carbocycles. The minimum absolute atomic E-state index is 0.485. The lowest BCUT2D eigenvalue weighted by Gasteiger charge is -2.15. The van der Waals surface area contributed by atoms with Crippen molar-refractivity contribution in [3.05, 3.63) is 48.0 Å². The Morgan fingerprint density at radius 3 is 2.75 bits per heavy atom. The summed E-state index contributed by atoms with van der Waals surface area (Å²) in [6.07, 6.45) is 2.63. The van der Waals surface area contributed by atoms with Crippen LogP contribution in [0.15, 0.2) is 42.5 Å². The molecule has 0 amide bonds. The van der Waals surface area contributed by atoms with Gasteiger partial charge in [-0.25, -0.2) is 0 Å². The first-order valence-corrected chi connectivity index (χ1v) is 8.03. The number of carbonyl (C=O) groups is 1. The van der Waals surface area contributed by atoms with Gasteiger partial charge in [-0.2, -0.15) is 11.8 Å². The van der Waals surface area contributed by atoms with Gasteiger partial charge >= 0.3 is 5.97 Å². The lowest BCUT2D eigenvalue weighted by molar-refractivity contribution is -0.139. The Bertz CT molecular complexity index is 580. The number of hydrogen-bond donors (Lipinski definition) is 2. The van der Waals surface area contributed by atoms with Crippen molar-refractivity contribution in [2.75, 3.05) is 12.0 Å². The molecule has 106 valence electrons. The number of hydrogen-bond acceptors (Lipinski definition) is 3. The van der Waals surface area contributed by atoms with Gasteiger partial charge in [0.25, 0.3) is 0 Å². The van der Waals surface area contributed by atoms with Gasteiger partial charge < -0.3 is 10.4 Å². The fourth-order valence-electron chi connectivity index (χ4n) is 2.23. The maximum Gasteiger partial charge on any atom is 0.320 e. The van der Waals surface area contributed by atoms with E-state index >= 15 is 0 Å². The second-order valence-corrected chi connectivity index (χ2v) is 5.68. The first kappa shape index (κ1) is 14.9. The van der Waals surface area contributed by atoms with Crippen molar-refractivity contribution in [3.63, 3.8) is 0 Å². The van der Waals surface area contributed by atoms with Crippen molar-refractivity contribution in [2.24, 2.45) is 0 Å². The van der Waals surface area contributed by atoms with Crippen LogP contribution in [0, 0.1) is 0 Å². The summed E-state index contributed by atoms with van der Waals surface area (Å²) in [5, 5.41) is 14.7. The van der Waals surface area contributed by atoms with Gasteiger partial charge in [-0.05, 0) is 34.8 Å². The molecular weight excluding hydrogens is 270 g/mol. The highest BCUT2D eigenvalue weighted by Gasteiger charge is 2.16. The molecule has 0 saturated carbocycles. The Hall–Kier alpha value is -1.52. The Balaban J connectivity index is 2.09. The molecular formula is C16H19NO2S. The van der Waals surface area contributed by atoms with E-state index in [0.717, 1.165) is 11.3 Å². The SMILES string of the molecule is CSCC[C@@H](NCc1cccc2ccccc12)C(=O)O. The Labute approximate surface area is 123 Å². The summed E-state index contributed by atoms with van der Waals surface area (Å²) < 4.78 is 0. The third-order valence-electron chi connectivity index (χ3n) is 3.33. The van der Waals surface area contributed by atoms with E-state index < -0.39 is 12.0 Å². The average Bonchev–Trinajstić information content (AvgIpc) is 2.47. The zero-order chi connectivity index (χ0) is 14.4. The lowest BCUT2D eigenvalue weighted by Crippen LogP contribution is -2.36. The van der Waals surface area contributed by atoms with Crippen LogP contribution >= 0.6 is 11.8 Å². The number of carboxylic acid groups (broad SMARTS) is 1. The first-order chi connectivity index (χ1) is 9.72. The largest absolute Gasteiger partial charge is 0.480 e.